The Labute approximate surface area is 128 Å². The molecule has 0 bridgehead atoms. The number of amidine groups is 1. The van der Waals surface area contributed by atoms with Gasteiger partial charge in [-0.05, 0) is 24.5 Å². The van der Waals surface area contributed by atoms with E-state index < -0.39 is 24.8 Å². The Morgan fingerprint density at radius 1 is 1.55 bits per heavy atom. The number of aliphatic hydroxyl groups excluding tert-OH is 1. The van der Waals surface area contributed by atoms with Crippen molar-refractivity contribution in [1.82, 2.24) is 5.32 Å². The summed E-state index contributed by atoms with van der Waals surface area (Å²) >= 11 is 1.21. The van der Waals surface area contributed by atoms with Crippen molar-refractivity contribution in [3.63, 3.8) is 0 Å². The van der Waals surface area contributed by atoms with E-state index in [4.69, 9.17) is 10.00 Å². The fourth-order valence-corrected chi connectivity index (χ4v) is 2.34. The van der Waals surface area contributed by atoms with E-state index in [9.17, 15) is 18.3 Å². The molecule has 2 unspecified atom stereocenters. The van der Waals surface area contributed by atoms with Gasteiger partial charge < -0.3 is 9.84 Å². The van der Waals surface area contributed by atoms with Crippen molar-refractivity contribution in [2.75, 3.05) is 6.26 Å². The van der Waals surface area contributed by atoms with Crippen molar-refractivity contribution in [1.29, 1.82) is 5.26 Å². The molecule has 1 aliphatic heterocycles. The fourth-order valence-electron chi connectivity index (χ4n) is 1.99. The molecule has 2 rings (SSSR count). The first-order chi connectivity index (χ1) is 10.3. The maximum Gasteiger partial charge on any atom is 0.425 e. The van der Waals surface area contributed by atoms with Gasteiger partial charge in [0.25, 0.3) is 0 Å². The van der Waals surface area contributed by atoms with Crippen LogP contribution in [-0.4, -0.2) is 28.8 Å². The van der Waals surface area contributed by atoms with Gasteiger partial charge in [0, 0.05) is 12.0 Å². The van der Waals surface area contributed by atoms with E-state index in [2.05, 4.69) is 10.3 Å². The zero-order chi connectivity index (χ0) is 16.3. The molecule has 1 aromatic rings. The van der Waals surface area contributed by atoms with E-state index in [-0.39, 0.29) is 11.3 Å². The molecule has 0 amide bonds. The van der Waals surface area contributed by atoms with Gasteiger partial charge in [0.2, 0.25) is 0 Å². The molecule has 2 atom stereocenters. The first-order valence-corrected chi connectivity index (χ1v) is 7.40. The SMILES string of the molecule is CSC(=Nc1ccc2c(c1)C(O)CC(C(F)(F)F)O2)NC#N. The van der Waals surface area contributed by atoms with Crippen LogP contribution in [0.25, 0.3) is 0 Å². The van der Waals surface area contributed by atoms with Crippen molar-refractivity contribution < 1.29 is 23.0 Å². The zero-order valence-corrected chi connectivity index (χ0v) is 12.2. The number of fused-ring (bicyclic) bond motifs is 1. The number of aliphatic hydroxyl groups is 1. The highest BCUT2D eigenvalue weighted by atomic mass is 32.2. The lowest BCUT2D eigenvalue weighted by Gasteiger charge is -2.30. The first-order valence-electron chi connectivity index (χ1n) is 6.18. The third kappa shape index (κ3) is 3.64. The Kier molecular flexibility index (Phi) is 4.83. The van der Waals surface area contributed by atoms with E-state index in [1.165, 1.54) is 30.0 Å². The lowest BCUT2D eigenvalue weighted by Crippen LogP contribution is -2.38. The van der Waals surface area contributed by atoms with E-state index in [1.54, 1.807) is 12.4 Å². The molecule has 1 heterocycles. The zero-order valence-electron chi connectivity index (χ0n) is 11.4. The van der Waals surface area contributed by atoms with Crippen LogP contribution in [-0.2, 0) is 0 Å². The van der Waals surface area contributed by atoms with Crippen LogP contribution in [0.15, 0.2) is 23.2 Å². The largest absolute Gasteiger partial charge is 0.480 e. The molecule has 0 saturated heterocycles. The van der Waals surface area contributed by atoms with Crippen LogP contribution in [0, 0.1) is 11.5 Å². The Bertz CT molecular complexity index is 628. The maximum absolute atomic E-state index is 12.7. The highest BCUT2D eigenvalue weighted by Gasteiger charge is 2.45. The molecule has 0 saturated carbocycles. The molecule has 0 aliphatic carbocycles. The summed E-state index contributed by atoms with van der Waals surface area (Å²) < 4.78 is 43.0. The summed E-state index contributed by atoms with van der Waals surface area (Å²) in [6.45, 7) is 0. The second kappa shape index (κ2) is 6.46. The Hall–Kier alpha value is -1.92. The number of hydrogen-bond acceptors (Lipinski definition) is 5. The minimum absolute atomic E-state index is 0.0148. The summed E-state index contributed by atoms with van der Waals surface area (Å²) in [6, 6.07) is 4.24. The molecule has 0 fully saturated rings. The average Bonchev–Trinajstić information content (AvgIpc) is 2.46. The number of hydrogen-bond donors (Lipinski definition) is 2. The third-order valence-electron chi connectivity index (χ3n) is 3.01. The predicted molar refractivity (Wildman–Crippen MR) is 75.8 cm³/mol. The molecule has 2 N–H and O–H groups in total. The van der Waals surface area contributed by atoms with Gasteiger partial charge in [-0.1, -0.05) is 11.8 Å². The number of nitrogens with zero attached hydrogens (tertiary/aromatic N) is 2. The third-order valence-corrected chi connectivity index (χ3v) is 3.59. The number of alkyl halides is 3. The quantitative estimate of drug-likeness (QED) is 0.358. The average molecular weight is 331 g/mol. The number of nitrogens with one attached hydrogen (secondary N) is 1. The topological polar surface area (TPSA) is 77.6 Å². The smallest absolute Gasteiger partial charge is 0.425 e. The van der Waals surface area contributed by atoms with Gasteiger partial charge in [-0.15, -0.1) is 0 Å². The van der Waals surface area contributed by atoms with Gasteiger partial charge >= 0.3 is 6.18 Å². The van der Waals surface area contributed by atoms with Crippen LogP contribution in [0.3, 0.4) is 0 Å². The van der Waals surface area contributed by atoms with Gasteiger partial charge in [-0.25, -0.2) is 4.99 Å². The highest BCUT2D eigenvalue weighted by Crippen LogP contribution is 2.41. The predicted octanol–water partition coefficient (Wildman–Crippen LogP) is 2.85. The number of rotatable bonds is 1. The Morgan fingerprint density at radius 3 is 2.86 bits per heavy atom. The van der Waals surface area contributed by atoms with Gasteiger partial charge in [0.15, 0.2) is 17.5 Å². The Balaban J connectivity index is 2.30. The molecule has 1 aliphatic rings. The van der Waals surface area contributed by atoms with Crippen LogP contribution >= 0.6 is 11.8 Å². The molecule has 0 spiro atoms. The van der Waals surface area contributed by atoms with Gasteiger partial charge in [-0.2, -0.15) is 18.4 Å². The van der Waals surface area contributed by atoms with Crippen LogP contribution < -0.4 is 10.1 Å². The molecular weight excluding hydrogens is 319 g/mol. The van der Waals surface area contributed by atoms with E-state index in [0.29, 0.717) is 10.9 Å². The lowest BCUT2D eigenvalue weighted by atomic mass is 9.98. The minimum atomic E-state index is -4.53. The number of benzene rings is 1. The van der Waals surface area contributed by atoms with Crippen molar-refractivity contribution in [2.45, 2.75) is 24.8 Å². The van der Waals surface area contributed by atoms with Crippen LogP contribution in [0.1, 0.15) is 18.1 Å². The van der Waals surface area contributed by atoms with Crippen LogP contribution in [0.2, 0.25) is 0 Å². The second-order valence-corrected chi connectivity index (χ2v) is 5.27. The van der Waals surface area contributed by atoms with E-state index >= 15 is 0 Å². The van der Waals surface area contributed by atoms with Crippen LogP contribution in [0.5, 0.6) is 5.75 Å². The molecule has 0 aromatic heterocycles. The van der Waals surface area contributed by atoms with Crippen LogP contribution in [0.4, 0.5) is 18.9 Å². The number of nitriles is 1. The highest BCUT2D eigenvalue weighted by molar-refractivity contribution is 8.13. The second-order valence-electron chi connectivity index (χ2n) is 4.48. The van der Waals surface area contributed by atoms with Gasteiger partial charge in [-0.3, -0.25) is 5.32 Å². The summed E-state index contributed by atoms with van der Waals surface area (Å²) in [5.74, 6) is -0.0148. The number of halogens is 3. The van der Waals surface area contributed by atoms with Gasteiger partial charge in [0.05, 0.1) is 11.8 Å². The summed E-state index contributed by atoms with van der Waals surface area (Å²) in [5, 5.41) is 21.2. The summed E-state index contributed by atoms with van der Waals surface area (Å²) in [4.78, 5) is 4.13. The van der Waals surface area contributed by atoms with E-state index in [0.717, 1.165) is 0 Å². The van der Waals surface area contributed by atoms with Crippen molar-refractivity contribution >= 4 is 22.6 Å². The fraction of sp³-hybridized carbons (Fsp3) is 0.385. The summed E-state index contributed by atoms with van der Waals surface area (Å²) in [6.07, 6.45) is -4.95. The molecular formula is C13H12F3N3O2S. The number of thioether (sulfide) groups is 1. The number of aliphatic imine (C=N–C) groups is 1. The standard InChI is InChI=1S/C13H12F3N3O2S/c1-22-12(18-6-17)19-7-2-3-10-8(4-7)9(20)5-11(21-10)13(14,15)16/h2-4,9,11,20H,5H2,1H3,(H,18,19). The maximum atomic E-state index is 12.7. The summed E-state index contributed by atoms with van der Waals surface area (Å²) in [5.41, 5.74) is 0.651. The van der Waals surface area contributed by atoms with Gasteiger partial charge in [0.1, 0.15) is 5.75 Å². The van der Waals surface area contributed by atoms with Crippen molar-refractivity contribution in [3.05, 3.63) is 23.8 Å². The molecule has 118 valence electrons. The monoisotopic (exact) mass is 331 g/mol. The number of ether oxygens (including phenoxy) is 1. The van der Waals surface area contributed by atoms with Crippen molar-refractivity contribution in [2.24, 2.45) is 4.99 Å². The summed E-state index contributed by atoms with van der Waals surface area (Å²) in [7, 11) is 0. The molecule has 22 heavy (non-hydrogen) atoms. The Morgan fingerprint density at radius 2 is 2.27 bits per heavy atom. The lowest BCUT2D eigenvalue weighted by molar-refractivity contribution is -0.207. The molecule has 1 aromatic carbocycles. The molecule has 5 nitrogen and oxygen atoms in total. The minimum Gasteiger partial charge on any atom is -0.480 e. The molecule has 9 heteroatoms. The van der Waals surface area contributed by atoms with Crippen molar-refractivity contribution in [3.8, 4) is 11.9 Å². The van der Waals surface area contributed by atoms with E-state index in [1.807, 2.05) is 0 Å². The molecule has 0 radical (unpaired) electrons. The normalized spacial score (nSPS) is 21.5. The first kappa shape index (κ1) is 16.5.